The second kappa shape index (κ2) is 7.51. The SMILES string of the molecule is COc1ccccc1C(=O)COC(=O)CN1C(=O)[C@@H]2CC=CC[C@H]2C1=O. The number of fused-ring (bicyclic) bond motifs is 1. The van der Waals surface area contributed by atoms with Crippen molar-refractivity contribution in [1.82, 2.24) is 4.90 Å². The van der Waals surface area contributed by atoms with Crippen LogP contribution in [0.5, 0.6) is 5.75 Å². The second-order valence-electron chi connectivity index (χ2n) is 6.20. The van der Waals surface area contributed by atoms with Crippen LogP contribution in [-0.4, -0.2) is 48.7 Å². The number of carbonyl (C=O) groups is 4. The molecule has 1 fully saturated rings. The molecular weight excluding hydrogens is 338 g/mol. The number of rotatable bonds is 6. The molecule has 7 heteroatoms. The minimum absolute atomic E-state index is 0.299. The fraction of sp³-hybridized carbons (Fsp3) is 0.368. The molecule has 7 nitrogen and oxygen atoms in total. The summed E-state index contributed by atoms with van der Waals surface area (Å²) >= 11 is 0. The zero-order valence-electron chi connectivity index (χ0n) is 14.3. The summed E-state index contributed by atoms with van der Waals surface area (Å²) in [6, 6.07) is 6.60. The Kier molecular flexibility index (Phi) is 5.16. The topological polar surface area (TPSA) is 90.0 Å². The number of carbonyl (C=O) groups excluding carboxylic acids is 4. The summed E-state index contributed by atoms with van der Waals surface area (Å²) in [7, 11) is 1.44. The number of nitrogens with zero attached hydrogens (tertiary/aromatic N) is 1. The van der Waals surface area contributed by atoms with Crippen LogP contribution in [0, 0.1) is 11.8 Å². The number of imide groups is 1. The summed E-state index contributed by atoms with van der Waals surface area (Å²) < 4.78 is 10.1. The summed E-state index contributed by atoms with van der Waals surface area (Å²) in [5, 5.41) is 0. The first-order valence-electron chi connectivity index (χ1n) is 8.35. The largest absolute Gasteiger partial charge is 0.496 e. The summed E-state index contributed by atoms with van der Waals surface area (Å²) in [6.07, 6.45) is 4.76. The zero-order chi connectivity index (χ0) is 18.7. The summed E-state index contributed by atoms with van der Waals surface area (Å²) in [6.45, 7) is -0.951. The van der Waals surface area contributed by atoms with Gasteiger partial charge in [-0.05, 0) is 25.0 Å². The molecular formula is C19H19NO6. The molecule has 0 N–H and O–H groups in total. The molecule has 1 aromatic rings. The van der Waals surface area contributed by atoms with E-state index in [0.717, 1.165) is 4.90 Å². The maximum absolute atomic E-state index is 12.3. The van der Waals surface area contributed by atoms with E-state index in [4.69, 9.17) is 9.47 Å². The molecule has 26 heavy (non-hydrogen) atoms. The molecule has 2 atom stereocenters. The van der Waals surface area contributed by atoms with E-state index in [9.17, 15) is 19.2 Å². The van der Waals surface area contributed by atoms with Crippen LogP contribution in [0.15, 0.2) is 36.4 Å². The molecule has 136 valence electrons. The number of ketones is 1. The van der Waals surface area contributed by atoms with Crippen LogP contribution in [0.25, 0.3) is 0 Å². The first-order chi connectivity index (χ1) is 12.5. The van der Waals surface area contributed by atoms with Crippen LogP contribution in [0.2, 0.25) is 0 Å². The third-order valence-electron chi connectivity index (χ3n) is 4.66. The number of Topliss-reactive ketones (excluding diaryl/α,β-unsaturated/α-hetero) is 1. The Bertz CT molecular complexity index is 758. The fourth-order valence-corrected chi connectivity index (χ4v) is 3.30. The van der Waals surface area contributed by atoms with E-state index in [-0.39, 0.29) is 11.8 Å². The highest BCUT2D eigenvalue weighted by atomic mass is 16.5. The predicted molar refractivity (Wildman–Crippen MR) is 90.4 cm³/mol. The molecule has 1 aliphatic heterocycles. The minimum Gasteiger partial charge on any atom is -0.496 e. The third kappa shape index (κ3) is 3.37. The van der Waals surface area contributed by atoms with E-state index < -0.39 is 36.7 Å². The van der Waals surface area contributed by atoms with Crippen LogP contribution >= 0.6 is 0 Å². The maximum Gasteiger partial charge on any atom is 0.326 e. The average molecular weight is 357 g/mol. The van der Waals surface area contributed by atoms with Crippen LogP contribution in [0.1, 0.15) is 23.2 Å². The highest BCUT2D eigenvalue weighted by Gasteiger charge is 2.47. The van der Waals surface area contributed by atoms with Gasteiger partial charge in [0.15, 0.2) is 6.61 Å². The number of amides is 2. The number of hydrogen-bond donors (Lipinski definition) is 0. The van der Waals surface area contributed by atoms with E-state index in [1.165, 1.54) is 7.11 Å². The van der Waals surface area contributed by atoms with Gasteiger partial charge in [0.05, 0.1) is 24.5 Å². The Morgan fingerprint density at radius 3 is 2.31 bits per heavy atom. The number of para-hydroxylation sites is 1. The van der Waals surface area contributed by atoms with Gasteiger partial charge in [-0.15, -0.1) is 0 Å². The summed E-state index contributed by atoms with van der Waals surface area (Å²) in [4.78, 5) is 49.8. The Morgan fingerprint density at radius 2 is 1.69 bits per heavy atom. The van der Waals surface area contributed by atoms with Gasteiger partial charge in [0.1, 0.15) is 12.3 Å². The number of benzene rings is 1. The maximum atomic E-state index is 12.3. The van der Waals surface area contributed by atoms with Gasteiger partial charge in [0, 0.05) is 0 Å². The van der Waals surface area contributed by atoms with Gasteiger partial charge in [-0.1, -0.05) is 24.3 Å². The fourth-order valence-electron chi connectivity index (χ4n) is 3.30. The van der Waals surface area contributed by atoms with Gasteiger partial charge < -0.3 is 9.47 Å². The standard InChI is InChI=1S/C19H19NO6/c1-25-16-9-5-4-8-14(16)15(21)11-26-17(22)10-20-18(23)12-6-2-3-7-13(12)19(20)24/h2-5,8-9,12-13H,6-7,10-11H2,1H3/t12-,13-/m1/s1. The molecule has 0 radical (unpaired) electrons. The lowest BCUT2D eigenvalue weighted by molar-refractivity contribution is -0.152. The monoisotopic (exact) mass is 357 g/mol. The van der Waals surface area contributed by atoms with Crippen molar-refractivity contribution in [3.63, 3.8) is 0 Å². The molecule has 0 spiro atoms. The Hall–Kier alpha value is -2.96. The minimum atomic E-state index is -0.790. The summed E-state index contributed by atoms with van der Waals surface area (Å²) in [5.74, 6) is -2.31. The number of hydrogen-bond acceptors (Lipinski definition) is 6. The summed E-state index contributed by atoms with van der Waals surface area (Å²) in [5.41, 5.74) is 0.299. The molecule has 2 amide bonds. The molecule has 0 bridgehead atoms. The van der Waals surface area contributed by atoms with Gasteiger partial charge in [0.25, 0.3) is 0 Å². The number of esters is 1. The smallest absolute Gasteiger partial charge is 0.326 e. The van der Waals surface area contributed by atoms with E-state index in [1.807, 2.05) is 12.2 Å². The molecule has 2 aliphatic rings. The van der Waals surface area contributed by atoms with E-state index in [2.05, 4.69) is 0 Å². The highest BCUT2D eigenvalue weighted by molar-refractivity contribution is 6.07. The van der Waals surface area contributed by atoms with Gasteiger partial charge in [0.2, 0.25) is 17.6 Å². The molecule has 3 rings (SSSR count). The van der Waals surface area contributed by atoms with Crippen LogP contribution in [0.3, 0.4) is 0 Å². The van der Waals surface area contributed by atoms with Crippen LogP contribution < -0.4 is 4.74 Å². The highest BCUT2D eigenvalue weighted by Crippen LogP contribution is 2.34. The van der Waals surface area contributed by atoms with Gasteiger partial charge in [-0.25, -0.2) is 0 Å². The average Bonchev–Trinajstić information content (AvgIpc) is 2.91. The zero-order valence-corrected chi connectivity index (χ0v) is 14.3. The van der Waals surface area contributed by atoms with Crippen molar-refractivity contribution in [2.45, 2.75) is 12.8 Å². The quantitative estimate of drug-likeness (QED) is 0.331. The van der Waals surface area contributed by atoms with Crippen LogP contribution in [-0.2, 0) is 19.1 Å². The number of ether oxygens (including phenoxy) is 2. The molecule has 0 saturated carbocycles. The Labute approximate surface area is 150 Å². The molecule has 1 saturated heterocycles. The second-order valence-corrected chi connectivity index (χ2v) is 6.20. The van der Waals surface area contributed by atoms with Crippen molar-refractivity contribution in [3.8, 4) is 5.75 Å². The molecule has 1 aliphatic carbocycles. The van der Waals surface area contributed by atoms with E-state index in [1.54, 1.807) is 24.3 Å². The first-order valence-corrected chi connectivity index (χ1v) is 8.35. The van der Waals surface area contributed by atoms with Gasteiger partial charge in [-0.2, -0.15) is 0 Å². The predicted octanol–water partition coefficient (Wildman–Crippen LogP) is 1.37. The molecule has 0 aromatic heterocycles. The lowest BCUT2D eigenvalue weighted by Crippen LogP contribution is -2.37. The number of methoxy groups -OCH3 is 1. The molecule has 0 unspecified atom stereocenters. The molecule has 1 heterocycles. The van der Waals surface area contributed by atoms with Gasteiger partial charge >= 0.3 is 5.97 Å². The van der Waals surface area contributed by atoms with Crippen molar-refractivity contribution in [1.29, 1.82) is 0 Å². The number of likely N-dealkylation sites (tertiary alicyclic amines) is 1. The van der Waals surface area contributed by atoms with Crippen LogP contribution in [0.4, 0.5) is 0 Å². The normalized spacial score (nSPS) is 21.5. The molecule has 1 aromatic carbocycles. The number of allylic oxidation sites excluding steroid dienone is 2. The van der Waals surface area contributed by atoms with E-state index >= 15 is 0 Å². The van der Waals surface area contributed by atoms with Crippen molar-refractivity contribution >= 4 is 23.6 Å². The first kappa shape index (κ1) is 17.8. The van der Waals surface area contributed by atoms with Crippen molar-refractivity contribution in [2.75, 3.05) is 20.3 Å². The van der Waals surface area contributed by atoms with Crippen molar-refractivity contribution in [3.05, 3.63) is 42.0 Å². The lowest BCUT2D eigenvalue weighted by atomic mass is 9.85. The van der Waals surface area contributed by atoms with Gasteiger partial charge in [-0.3, -0.25) is 24.1 Å². The Morgan fingerprint density at radius 1 is 1.08 bits per heavy atom. The Balaban J connectivity index is 1.57. The lowest BCUT2D eigenvalue weighted by Gasteiger charge is -2.14. The van der Waals surface area contributed by atoms with Crippen molar-refractivity contribution in [2.24, 2.45) is 11.8 Å². The van der Waals surface area contributed by atoms with Crippen molar-refractivity contribution < 1.29 is 28.7 Å². The van der Waals surface area contributed by atoms with E-state index in [0.29, 0.717) is 24.2 Å². The third-order valence-corrected chi connectivity index (χ3v) is 4.66.